The van der Waals surface area contributed by atoms with Crippen LogP contribution in [0, 0.1) is 19.9 Å². The van der Waals surface area contributed by atoms with Crippen LogP contribution < -0.4 is 4.74 Å². The maximum atomic E-state index is 13.5. The van der Waals surface area contributed by atoms with Crippen LogP contribution >= 0.6 is 0 Å². The van der Waals surface area contributed by atoms with Crippen LogP contribution in [0.1, 0.15) is 17.0 Å². The SMILES string of the molecule is Cc1cc(C)n(-c2cccc(Oc3[c-]c4c(cc3)c3ccccc3n4-c3cc(C(F)(F)F)ccn3)c2)n1.[Pt]. The van der Waals surface area contributed by atoms with Crippen molar-refractivity contribution in [2.24, 2.45) is 0 Å². The normalized spacial score (nSPS) is 11.6. The van der Waals surface area contributed by atoms with E-state index in [0.29, 0.717) is 17.0 Å². The molecule has 0 radical (unpaired) electrons. The van der Waals surface area contributed by atoms with E-state index in [1.165, 1.54) is 6.20 Å². The molecule has 3 aromatic heterocycles. The van der Waals surface area contributed by atoms with Gasteiger partial charge < -0.3 is 9.30 Å². The Kier molecular flexibility index (Phi) is 6.61. The van der Waals surface area contributed by atoms with Crippen molar-refractivity contribution in [3.63, 3.8) is 0 Å². The first-order valence-electron chi connectivity index (χ1n) is 11.6. The maximum Gasteiger partial charge on any atom is 0.416 e. The van der Waals surface area contributed by atoms with Crippen LogP contribution in [0.5, 0.6) is 11.5 Å². The second-order valence-corrected chi connectivity index (χ2v) is 8.78. The number of halogens is 3. The molecule has 3 heterocycles. The van der Waals surface area contributed by atoms with E-state index in [9.17, 15) is 13.2 Å². The number of pyridine rings is 1. The smallest absolute Gasteiger partial charge is 0.416 e. The third-order valence-electron chi connectivity index (χ3n) is 6.16. The van der Waals surface area contributed by atoms with Crippen molar-refractivity contribution in [3.05, 3.63) is 108 Å². The van der Waals surface area contributed by atoms with Crippen LogP contribution in [-0.4, -0.2) is 19.3 Å². The Morgan fingerprint density at radius 3 is 2.45 bits per heavy atom. The molecule has 38 heavy (non-hydrogen) atoms. The van der Waals surface area contributed by atoms with Crippen LogP contribution in [-0.2, 0) is 27.2 Å². The van der Waals surface area contributed by atoms with Crippen molar-refractivity contribution >= 4 is 21.8 Å². The number of para-hydroxylation sites is 1. The Labute approximate surface area is 230 Å². The molecule has 0 aliphatic carbocycles. The minimum absolute atomic E-state index is 0. The topological polar surface area (TPSA) is 44.9 Å². The third kappa shape index (κ3) is 4.61. The molecule has 0 fully saturated rings. The molecule has 0 unspecified atom stereocenters. The van der Waals surface area contributed by atoms with Gasteiger partial charge in [0.1, 0.15) is 11.6 Å². The van der Waals surface area contributed by atoms with Crippen LogP contribution in [0.4, 0.5) is 13.2 Å². The van der Waals surface area contributed by atoms with Crippen LogP contribution in [0.25, 0.3) is 33.3 Å². The molecule has 5 nitrogen and oxygen atoms in total. The molecule has 0 aliphatic heterocycles. The Balaban J connectivity index is 0.00000294. The molecule has 0 bridgehead atoms. The van der Waals surface area contributed by atoms with E-state index in [-0.39, 0.29) is 26.9 Å². The molecule has 194 valence electrons. The average Bonchev–Trinajstić information content (AvgIpc) is 3.39. The molecule has 0 aliphatic rings. The minimum atomic E-state index is -4.48. The summed E-state index contributed by atoms with van der Waals surface area (Å²) in [5.41, 5.74) is 3.30. The van der Waals surface area contributed by atoms with Gasteiger partial charge in [-0.1, -0.05) is 29.8 Å². The van der Waals surface area contributed by atoms with Gasteiger partial charge in [0, 0.05) is 50.3 Å². The molecule has 0 amide bonds. The van der Waals surface area contributed by atoms with E-state index in [4.69, 9.17) is 4.74 Å². The largest absolute Gasteiger partial charge is 0.483 e. The zero-order chi connectivity index (χ0) is 25.7. The summed E-state index contributed by atoms with van der Waals surface area (Å²) in [5, 5.41) is 6.24. The first kappa shape index (κ1) is 25.7. The average molecular weight is 693 g/mol. The fourth-order valence-corrected chi connectivity index (χ4v) is 4.58. The molecule has 0 N–H and O–H groups in total. The van der Waals surface area contributed by atoms with E-state index in [0.717, 1.165) is 45.5 Å². The molecule has 0 spiro atoms. The molecular formula is C29H20F3N4OPt-. The Hall–Kier alpha value is -3.90. The van der Waals surface area contributed by atoms with Gasteiger partial charge in [-0.15, -0.1) is 17.5 Å². The van der Waals surface area contributed by atoms with Gasteiger partial charge in [0.15, 0.2) is 0 Å². The number of hydrogen-bond acceptors (Lipinski definition) is 3. The quantitative estimate of drug-likeness (QED) is 0.179. The van der Waals surface area contributed by atoms with Crippen molar-refractivity contribution in [1.82, 2.24) is 19.3 Å². The van der Waals surface area contributed by atoms with Crippen LogP contribution in [0.2, 0.25) is 0 Å². The maximum absolute atomic E-state index is 13.5. The first-order valence-corrected chi connectivity index (χ1v) is 11.6. The summed E-state index contributed by atoms with van der Waals surface area (Å²) in [6.07, 6.45) is -3.31. The zero-order valence-corrected chi connectivity index (χ0v) is 22.5. The number of fused-ring (bicyclic) bond motifs is 3. The molecule has 3 aromatic carbocycles. The zero-order valence-electron chi connectivity index (χ0n) is 20.2. The molecule has 0 saturated carbocycles. The van der Waals surface area contributed by atoms with Gasteiger partial charge in [0.05, 0.1) is 16.9 Å². The number of benzene rings is 3. The summed E-state index contributed by atoms with van der Waals surface area (Å²) in [6, 6.07) is 26.0. The number of aryl methyl sites for hydroxylation is 2. The van der Waals surface area contributed by atoms with Gasteiger partial charge in [-0.25, -0.2) is 9.67 Å². The molecule has 0 saturated heterocycles. The molecule has 6 rings (SSSR count). The summed E-state index contributed by atoms with van der Waals surface area (Å²) in [4.78, 5) is 4.26. The van der Waals surface area contributed by atoms with Gasteiger partial charge in [-0.3, -0.25) is 0 Å². The van der Waals surface area contributed by atoms with Gasteiger partial charge >= 0.3 is 6.18 Å². The fourth-order valence-electron chi connectivity index (χ4n) is 4.58. The number of rotatable bonds is 4. The summed E-state index contributed by atoms with van der Waals surface area (Å²) in [6.45, 7) is 3.92. The summed E-state index contributed by atoms with van der Waals surface area (Å²) in [7, 11) is 0. The minimum Gasteiger partial charge on any atom is -0.483 e. The molecular weight excluding hydrogens is 672 g/mol. The number of hydrogen-bond donors (Lipinski definition) is 0. The van der Waals surface area contributed by atoms with Crippen molar-refractivity contribution in [2.75, 3.05) is 0 Å². The number of alkyl halides is 3. The van der Waals surface area contributed by atoms with Gasteiger partial charge in [0.25, 0.3) is 0 Å². The van der Waals surface area contributed by atoms with E-state index in [2.05, 4.69) is 16.1 Å². The summed E-state index contributed by atoms with van der Waals surface area (Å²) >= 11 is 0. The van der Waals surface area contributed by atoms with E-state index < -0.39 is 11.7 Å². The second kappa shape index (κ2) is 9.76. The number of ether oxygens (including phenoxy) is 1. The van der Waals surface area contributed by atoms with Crippen molar-refractivity contribution < 1.29 is 39.0 Å². The Bertz CT molecular complexity index is 1790. The van der Waals surface area contributed by atoms with Crippen LogP contribution in [0.3, 0.4) is 0 Å². The number of nitrogens with zero attached hydrogens (tertiary/aromatic N) is 4. The third-order valence-corrected chi connectivity index (χ3v) is 6.16. The Morgan fingerprint density at radius 2 is 1.68 bits per heavy atom. The van der Waals surface area contributed by atoms with E-state index in [1.54, 1.807) is 10.6 Å². The van der Waals surface area contributed by atoms with Gasteiger partial charge in [-0.2, -0.15) is 24.3 Å². The molecule has 9 heteroatoms. The van der Waals surface area contributed by atoms with E-state index in [1.807, 2.05) is 79.2 Å². The predicted octanol–water partition coefficient (Wildman–Crippen LogP) is 7.59. The monoisotopic (exact) mass is 692 g/mol. The number of aromatic nitrogens is 4. The van der Waals surface area contributed by atoms with Gasteiger partial charge in [0.2, 0.25) is 0 Å². The predicted molar refractivity (Wildman–Crippen MR) is 136 cm³/mol. The van der Waals surface area contributed by atoms with E-state index >= 15 is 0 Å². The van der Waals surface area contributed by atoms with Crippen molar-refractivity contribution in [3.8, 4) is 23.0 Å². The molecule has 0 atom stereocenters. The fraction of sp³-hybridized carbons (Fsp3) is 0.103. The standard InChI is InChI=1S/C29H20F3N4O.Pt/c1-18-14-19(2)36(34-18)21-6-5-7-22(16-21)37-23-10-11-25-24-8-3-4-9-26(24)35(27(25)17-23)28-15-20(12-13-33-28)29(30,31)32;/h3-16H,1-2H3;/q-1;. The van der Waals surface area contributed by atoms with Crippen molar-refractivity contribution in [2.45, 2.75) is 20.0 Å². The Morgan fingerprint density at radius 1 is 0.868 bits per heavy atom. The van der Waals surface area contributed by atoms with Crippen LogP contribution in [0.15, 0.2) is 85.1 Å². The van der Waals surface area contributed by atoms with Crippen molar-refractivity contribution in [1.29, 1.82) is 0 Å². The first-order chi connectivity index (χ1) is 17.8. The summed E-state index contributed by atoms with van der Waals surface area (Å²) < 4.78 is 50.0. The van der Waals surface area contributed by atoms with Gasteiger partial charge in [-0.05, 0) is 55.6 Å². The summed E-state index contributed by atoms with van der Waals surface area (Å²) in [5.74, 6) is 1.16. The second-order valence-electron chi connectivity index (χ2n) is 8.78. The molecule has 6 aromatic rings.